The maximum atomic E-state index is 11.7. The number of thiocarbonyl (C=S) groups is 1. The van der Waals surface area contributed by atoms with E-state index in [1.54, 1.807) is 24.3 Å². The van der Waals surface area contributed by atoms with Gasteiger partial charge in [0.1, 0.15) is 0 Å². The molecule has 0 aromatic heterocycles. The van der Waals surface area contributed by atoms with Gasteiger partial charge in [-0.1, -0.05) is 17.7 Å². The second-order valence-electron chi connectivity index (χ2n) is 4.97. The third-order valence-corrected chi connectivity index (χ3v) is 6.76. The average molecular weight is 394 g/mol. The molecule has 0 bridgehead atoms. The zero-order chi connectivity index (χ0) is 16.9. The lowest BCUT2D eigenvalue weighted by molar-refractivity contribution is -0.119. The zero-order valence-corrected chi connectivity index (χ0v) is 15.2. The number of nitrogens with one attached hydrogen (secondary N) is 3. The number of thioether (sulfide) groups is 1. The summed E-state index contributed by atoms with van der Waals surface area (Å²) in [6, 6.07) is 7.01. The quantitative estimate of drug-likeness (QED) is 0.528. The third-order valence-electron chi connectivity index (χ3n) is 3.04. The molecule has 0 saturated carbocycles. The van der Waals surface area contributed by atoms with Gasteiger partial charge in [-0.25, -0.2) is 8.42 Å². The van der Waals surface area contributed by atoms with Crippen molar-refractivity contribution in [3.05, 3.63) is 29.3 Å². The van der Waals surface area contributed by atoms with Crippen molar-refractivity contribution < 1.29 is 13.2 Å². The lowest BCUT2D eigenvalue weighted by atomic mass is 10.3. The molecule has 1 saturated heterocycles. The molecule has 0 unspecified atom stereocenters. The molecule has 1 aliphatic rings. The highest BCUT2D eigenvalue weighted by atomic mass is 35.5. The number of hydrazine groups is 1. The first-order valence-electron chi connectivity index (χ1n) is 6.77. The maximum Gasteiger partial charge on any atom is 0.248 e. The molecule has 1 heterocycles. The van der Waals surface area contributed by atoms with Gasteiger partial charge in [0.05, 0.1) is 17.3 Å². The van der Waals surface area contributed by atoms with Crippen LogP contribution in [0.15, 0.2) is 24.3 Å². The van der Waals surface area contributed by atoms with Crippen molar-refractivity contribution in [2.45, 2.75) is 11.7 Å². The molecule has 3 N–H and O–H groups in total. The Hall–Kier alpha value is -1.03. The van der Waals surface area contributed by atoms with Crippen molar-refractivity contribution in [3.8, 4) is 0 Å². The Morgan fingerprint density at radius 1 is 1.39 bits per heavy atom. The van der Waals surface area contributed by atoms with Gasteiger partial charge in [-0.2, -0.15) is 0 Å². The van der Waals surface area contributed by atoms with Crippen LogP contribution in [-0.4, -0.2) is 41.9 Å². The molecule has 1 aliphatic heterocycles. The lowest BCUT2D eigenvalue weighted by Gasteiger charge is -2.12. The van der Waals surface area contributed by atoms with Gasteiger partial charge >= 0.3 is 0 Å². The van der Waals surface area contributed by atoms with Crippen molar-refractivity contribution in [1.29, 1.82) is 0 Å². The molecule has 1 fully saturated rings. The molecule has 1 atom stereocenters. The van der Waals surface area contributed by atoms with E-state index in [-0.39, 0.29) is 33.5 Å². The fraction of sp³-hybridized carbons (Fsp3) is 0.385. The highest BCUT2D eigenvalue weighted by Crippen LogP contribution is 2.23. The Morgan fingerprint density at radius 2 is 2.17 bits per heavy atom. The molecule has 6 nitrogen and oxygen atoms in total. The van der Waals surface area contributed by atoms with E-state index in [1.165, 1.54) is 11.8 Å². The predicted molar refractivity (Wildman–Crippen MR) is 98.5 cm³/mol. The van der Waals surface area contributed by atoms with Gasteiger partial charge in [0.2, 0.25) is 5.91 Å². The summed E-state index contributed by atoms with van der Waals surface area (Å²) in [6.45, 7) is 0. The summed E-state index contributed by atoms with van der Waals surface area (Å²) in [5.74, 6) is 0.257. The van der Waals surface area contributed by atoms with Gasteiger partial charge in [0.25, 0.3) is 0 Å². The largest absolute Gasteiger partial charge is 0.331 e. The van der Waals surface area contributed by atoms with Crippen LogP contribution in [0, 0.1) is 0 Å². The Morgan fingerprint density at radius 3 is 2.83 bits per heavy atom. The van der Waals surface area contributed by atoms with E-state index >= 15 is 0 Å². The van der Waals surface area contributed by atoms with Crippen LogP contribution >= 0.6 is 35.6 Å². The normalized spacial score (nSPS) is 19.1. The maximum absolute atomic E-state index is 11.7. The fourth-order valence-corrected chi connectivity index (χ4v) is 5.78. The van der Waals surface area contributed by atoms with E-state index in [0.717, 1.165) is 0 Å². The van der Waals surface area contributed by atoms with E-state index in [0.29, 0.717) is 17.1 Å². The summed E-state index contributed by atoms with van der Waals surface area (Å²) in [5.41, 5.74) is 5.76. The van der Waals surface area contributed by atoms with Crippen molar-refractivity contribution in [1.82, 2.24) is 10.9 Å². The minimum Gasteiger partial charge on any atom is -0.331 e. The molecule has 0 radical (unpaired) electrons. The Labute approximate surface area is 149 Å². The summed E-state index contributed by atoms with van der Waals surface area (Å²) in [6.07, 6.45) is 0.600. The number of hydrogen-bond acceptors (Lipinski definition) is 5. The standard InChI is InChI=1S/C13H16ClN3O3S3/c14-9-2-1-3-10(6-9)15-13(21)17-16-12(18)7-22-11-4-5-23(19,20)8-11/h1-3,6,11H,4-5,7-8H2,(H,16,18)(H2,15,17,21)/t11-/m0/s1. The van der Waals surface area contributed by atoms with Gasteiger partial charge in [-0.05, 0) is 36.8 Å². The van der Waals surface area contributed by atoms with Crippen molar-refractivity contribution >= 4 is 62.1 Å². The first kappa shape index (κ1) is 18.3. The molecule has 2 rings (SSSR count). The van der Waals surface area contributed by atoms with E-state index in [4.69, 9.17) is 23.8 Å². The molecular weight excluding hydrogens is 378 g/mol. The predicted octanol–water partition coefficient (Wildman–Crippen LogP) is 1.58. The molecule has 1 aromatic rings. The van der Waals surface area contributed by atoms with Crippen LogP contribution in [0.5, 0.6) is 0 Å². The number of benzene rings is 1. The number of amides is 1. The lowest BCUT2D eigenvalue weighted by Crippen LogP contribution is -2.44. The van der Waals surface area contributed by atoms with E-state index in [2.05, 4.69) is 16.2 Å². The van der Waals surface area contributed by atoms with Crippen molar-refractivity contribution in [2.75, 3.05) is 22.6 Å². The van der Waals surface area contributed by atoms with Gasteiger partial charge in [-0.3, -0.25) is 15.6 Å². The highest BCUT2D eigenvalue weighted by Gasteiger charge is 2.28. The van der Waals surface area contributed by atoms with Gasteiger partial charge < -0.3 is 5.32 Å². The molecule has 0 aliphatic carbocycles. The monoisotopic (exact) mass is 393 g/mol. The van der Waals surface area contributed by atoms with E-state index in [9.17, 15) is 13.2 Å². The summed E-state index contributed by atoms with van der Waals surface area (Å²) in [7, 11) is -2.92. The van der Waals surface area contributed by atoms with Crippen LogP contribution < -0.4 is 16.2 Å². The number of halogens is 1. The molecule has 10 heteroatoms. The number of hydrogen-bond donors (Lipinski definition) is 3. The van der Waals surface area contributed by atoms with Gasteiger partial charge in [-0.15, -0.1) is 11.8 Å². The molecule has 0 spiro atoms. The van der Waals surface area contributed by atoms with E-state index < -0.39 is 9.84 Å². The highest BCUT2D eigenvalue weighted by molar-refractivity contribution is 8.02. The SMILES string of the molecule is O=C(CS[C@H]1CCS(=O)(=O)C1)NNC(=S)Nc1cccc(Cl)c1. The molecule has 1 amide bonds. The fourth-order valence-electron chi connectivity index (χ4n) is 1.98. The van der Waals surface area contributed by atoms with Crippen molar-refractivity contribution in [2.24, 2.45) is 0 Å². The number of anilines is 1. The van der Waals surface area contributed by atoms with Gasteiger partial charge in [0.15, 0.2) is 14.9 Å². The first-order valence-corrected chi connectivity index (χ1v) is 10.4. The Balaban J connectivity index is 1.67. The number of rotatable bonds is 4. The van der Waals surface area contributed by atoms with Crippen molar-refractivity contribution in [3.63, 3.8) is 0 Å². The Bertz CT molecular complexity index is 697. The Kier molecular flexibility index (Phi) is 6.51. The molecular formula is C13H16ClN3O3S3. The second kappa shape index (κ2) is 8.18. The van der Waals surface area contributed by atoms with Crippen LogP contribution in [0.3, 0.4) is 0 Å². The smallest absolute Gasteiger partial charge is 0.248 e. The first-order chi connectivity index (χ1) is 10.8. The minimum absolute atomic E-state index is 0.0118. The van der Waals surface area contributed by atoms with Crippen LogP contribution in [0.4, 0.5) is 5.69 Å². The third kappa shape index (κ3) is 6.54. The van der Waals surface area contributed by atoms with Gasteiger partial charge in [0, 0.05) is 16.0 Å². The molecule has 126 valence electrons. The summed E-state index contributed by atoms with van der Waals surface area (Å²) >= 11 is 12.3. The number of carbonyl (C=O) groups excluding carboxylic acids is 1. The second-order valence-corrected chi connectivity index (χ2v) is 9.34. The number of carbonyl (C=O) groups is 1. The van der Waals surface area contributed by atoms with Crippen LogP contribution in [-0.2, 0) is 14.6 Å². The zero-order valence-electron chi connectivity index (χ0n) is 12.0. The van der Waals surface area contributed by atoms with Crippen LogP contribution in [0.1, 0.15) is 6.42 Å². The van der Waals surface area contributed by atoms with E-state index in [1.807, 2.05) is 0 Å². The summed E-state index contributed by atoms with van der Waals surface area (Å²) < 4.78 is 22.7. The summed E-state index contributed by atoms with van der Waals surface area (Å²) in [4.78, 5) is 11.7. The topological polar surface area (TPSA) is 87.3 Å². The number of sulfone groups is 1. The molecule has 1 aromatic carbocycles. The molecule has 23 heavy (non-hydrogen) atoms. The van der Waals surface area contributed by atoms with Crippen LogP contribution in [0.2, 0.25) is 5.02 Å². The average Bonchev–Trinajstić information content (AvgIpc) is 2.82. The van der Waals surface area contributed by atoms with Crippen LogP contribution in [0.25, 0.3) is 0 Å². The minimum atomic E-state index is -2.92. The summed E-state index contributed by atoms with van der Waals surface area (Å²) in [5, 5.41) is 3.67.